The highest BCUT2D eigenvalue weighted by atomic mass is 35.5. The largest absolute Gasteiger partial charge is 0.496 e. The maximum atomic E-state index is 14.8. The molecule has 0 aliphatic carbocycles. The topological polar surface area (TPSA) is 80.2 Å². The minimum Gasteiger partial charge on any atom is -0.496 e. The molecule has 1 amide bonds. The zero-order valence-electron chi connectivity index (χ0n) is 15.6. The molecule has 0 aliphatic rings. The van der Waals surface area contributed by atoms with Crippen molar-refractivity contribution in [3.05, 3.63) is 46.5 Å². The summed E-state index contributed by atoms with van der Waals surface area (Å²) in [6.45, 7) is 1.74. The SMILES string of the molecule is COc1ccc(Cl)c(F)c1-c1cc(C)ncc1C(=O)Nc1nnc(N(C)C)s1. The van der Waals surface area contributed by atoms with Gasteiger partial charge in [0.1, 0.15) is 5.75 Å². The summed E-state index contributed by atoms with van der Waals surface area (Å²) in [5, 5.41) is 11.5. The first-order valence-corrected chi connectivity index (χ1v) is 9.32. The maximum Gasteiger partial charge on any atom is 0.259 e. The molecular weight excluding hydrogens is 405 g/mol. The van der Waals surface area contributed by atoms with Gasteiger partial charge in [-0.25, -0.2) is 4.39 Å². The second-order valence-corrected chi connectivity index (χ2v) is 7.41. The van der Waals surface area contributed by atoms with Crippen molar-refractivity contribution in [2.45, 2.75) is 6.92 Å². The third kappa shape index (κ3) is 3.90. The molecule has 3 rings (SSSR count). The van der Waals surface area contributed by atoms with Gasteiger partial charge in [-0.05, 0) is 25.1 Å². The summed E-state index contributed by atoms with van der Waals surface area (Å²) in [6.07, 6.45) is 1.38. The molecule has 7 nitrogen and oxygen atoms in total. The number of ether oxygens (including phenoxy) is 1. The number of halogens is 2. The van der Waals surface area contributed by atoms with E-state index in [2.05, 4.69) is 20.5 Å². The number of amides is 1. The van der Waals surface area contributed by atoms with Crippen LogP contribution in [0.2, 0.25) is 5.02 Å². The van der Waals surface area contributed by atoms with Crippen molar-refractivity contribution in [3.8, 4) is 16.9 Å². The van der Waals surface area contributed by atoms with Gasteiger partial charge in [0, 0.05) is 31.5 Å². The summed E-state index contributed by atoms with van der Waals surface area (Å²) in [4.78, 5) is 18.8. The predicted octanol–water partition coefficient (Wildman–Crippen LogP) is 4.03. The Labute approximate surface area is 170 Å². The van der Waals surface area contributed by atoms with Gasteiger partial charge in [0.25, 0.3) is 5.91 Å². The molecule has 0 saturated carbocycles. The van der Waals surface area contributed by atoms with E-state index in [0.717, 1.165) is 0 Å². The molecule has 0 bridgehead atoms. The molecule has 1 aromatic carbocycles. The van der Waals surface area contributed by atoms with Crippen molar-refractivity contribution in [1.29, 1.82) is 0 Å². The van der Waals surface area contributed by atoms with Crippen LogP contribution in [0.3, 0.4) is 0 Å². The zero-order valence-corrected chi connectivity index (χ0v) is 17.2. The number of nitrogens with zero attached hydrogens (tertiary/aromatic N) is 4. The molecule has 28 heavy (non-hydrogen) atoms. The Hall–Kier alpha value is -2.78. The van der Waals surface area contributed by atoms with E-state index in [-0.39, 0.29) is 21.9 Å². The number of nitrogens with one attached hydrogen (secondary N) is 1. The number of rotatable bonds is 5. The number of aromatic nitrogens is 3. The number of benzene rings is 1. The maximum absolute atomic E-state index is 14.8. The highest BCUT2D eigenvalue weighted by Gasteiger charge is 2.23. The van der Waals surface area contributed by atoms with Gasteiger partial charge in [0.2, 0.25) is 10.3 Å². The molecule has 2 aromatic heterocycles. The Morgan fingerprint density at radius 1 is 1.32 bits per heavy atom. The minimum absolute atomic E-state index is 0.0728. The van der Waals surface area contributed by atoms with Gasteiger partial charge >= 0.3 is 0 Å². The highest BCUT2D eigenvalue weighted by molar-refractivity contribution is 7.19. The number of pyridine rings is 1. The number of hydrogen-bond donors (Lipinski definition) is 1. The minimum atomic E-state index is -0.675. The molecule has 2 heterocycles. The van der Waals surface area contributed by atoms with Crippen LogP contribution in [0.15, 0.2) is 24.4 Å². The summed E-state index contributed by atoms with van der Waals surface area (Å²) in [6, 6.07) is 4.56. The lowest BCUT2D eigenvalue weighted by Gasteiger charge is -2.14. The van der Waals surface area contributed by atoms with E-state index in [0.29, 0.717) is 21.5 Å². The van der Waals surface area contributed by atoms with E-state index in [1.165, 1.54) is 30.7 Å². The number of hydrogen-bond acceptors (Lipinski definition) is 7. The highest BCUT2D eigenvalue weighted by Crippen LogP contribution is 2.38. The van der Waals surface area contributed by atoms with E-state index in [1.807, 2.05) is 14.1 Å². The van der Waals surface area contributed by atoms with Gasteiger partial charge in [-0.3, -0.25) is 15.1 Å². The van der Waals surface area contributed by atoms with E-state index >= 15 is 0 Å². The first-order valence-electron chi connectivity index (χ1n) is 8.13. The van der Waals surface area contributed by atoms with E-state index < -0.39 is 11.7 Å². The normalized spacial score (nSPS) is 10.6. The fraction of sp³-hybridized carbons (Fsp3) is 0.222. The van der Waals surface area contributed by atoms with Crippen molar-refractivity contribution in [1.82, 2.24) is 15.2 Å². The molecule has 0 atom stereocenters. The number of carbonyl (C=O) groups excluding carboxylic acids is 1. The molecule has 3 aromatic rings. The van der Waals surface area contributed by atoms with Crippen LogP contribution in [0.4, 0.5) is 14.7 Å². The van der Waals surface area contributed by atoms with Crippen LogP contribution in [0.1, 0.15) is 16.1 Å². The Kier molecular flexibility index (Phi) is 5.76. The predicted molar refractivity (Wildman–Crippen MR) is 108 cm³/mol. The number of carbonyl (C=O) groups is 1. The van der Waals surface area contributed by atoms with Gasteiger partial charge < -0.3 is 9.64 Å². The van der Waals surface area contributed by atoms with Gasteiger partial charge in [-0.1, -0.05) is 22.9 Å². The monoisotopic (exact) mass is 421 g/mol. The Morgan fingerprint density at radius 3 is 2.71 bits per heavy atom. The lowest BCUT2D eigenvalue weighted by Crippen LogP contribution is -2.14. The number of methoxy groups -OCH3 is 1. The molecular formula is C18H17ClFN5O2S. The molecule has 0 unspecified atom stereocenters. The first-order chi connectivity index (χ1) is 13.3. The molecule has 10 heteroatoms. The summed E-state index contributed by atoms with van der Waals surface area (Å²) in [5.74, 6) is -0.913. The molecule has 1 N–H and O–H groups in total. The van der Waals surface area contributed by atoms with Crippen LogP contribution in [0, 0.1) is 12.7 Å². The van der Waals surface area contributed by atoms with E-state index in [1.54, 1.807) is 24.0 Å². The van der Waals surface area contributed by atoms with Crippen molar-refractivity contribution in [2.24, 2.45) is 0 Å². The summed E-state index contributed by atoms with van der Waals surface area (Å²) in [5.41, 5.74) is 1.18. The third-order valence-corrected chi connectivity index (χ3v) is 5.15. The van der Waals surface area contributed by atoms with Crippen LogP contribution in [-0.4, -0.2) is 42.3 Å². The molecule has 0 spiro atoms. The lowest BCUT2D eigenvalue weighted by molar-refractivity contribution is 0.102. The second-order valence-electron chi connectivity index (χ2n) is 6.05. The van der Waals surface area contributed by atoms with Gasteiger partial charge in [-0.15, -0.1) is 10.2 Å². The van der Waals surface area contributed by atoms with E-state index in [4.69, 9.17) is 16.3 Å². The van der Waals surface area contributed by atoms with Gasteiger partial charge in [-0.2, -0.15) is 0 Å². The standard InChI is InChI=1S/C18H17ClFN5O2S/c1-9-7-10(14-13(27-4)6-5-12(19)15(14)20)11(8-21-9)16(26)22-17-23-24-18(28-17)25(2)3/h5-8H,1-4H3,(H,22,23,26). The van der Waals surface area contributed by atoms with Crippen LogP contribution < -0.4 is 15.0 Å². The quantitative estimate of drug-likeness (QED) is 0.670. The van der Waals surface area contributed by atoms with Crippen LogP contribution in [0.5, 0.6) is 5.75 Å². The lowest BCUT2D eigenvalue weighted by atomic mass is 9.98. The third-order valence-electron chi connectivity index (χ3n) is 3.85. The average molecular weight is 422 g/mol. The first kappa shape index (κ1) is 20.0. The summed E-state index contributed by atoms with van der Waals surface area (Å²) >= 11 is 7.17. The number of aryl methyl sites for hydroxylation is 1. The second kappa shape index (κ2) is 8.07. The summed E-state index contributed by atoms with van der Waals surface area (Å²) < 4.78 is 20.1. The fourth-order valence-corrected chi connectivity index (χ4v) is 3.33. The van der Waals surface area contributed by atoms with Crippen molar-refractivity contribution in [3.63, 3.8) is 0 Å². The van der Waals surface area contributed by atoms with Crippen molar-refractivity contribution >= 4 is 39.1 Å². The van der Waals surface area contributed by atoms with Crippen LogP contribution in [-0.2, 0) is 0 Å². The van der Waals surface area contributed by atoms with Crippen LogP contribution in [0.25, 0.3) is 11.1 Å². The summed E-state index contributed by atoms with van der Waals surface area (Å²) in [7, 11) is 5.06. The van der Waals surface area contributed by atoms with Gasteiger partial charge in [0.05, 0.1) is 23.3 Å². The molecule has 0 aliphatic heterocycles. The molecule has 0 saturated heterocycles. The molecule has 0 radical (unpaired) electrons. The average Bonchev–Trinajstić information content (AvgIpc) is 3.12. The Balaban J connectivity index is 2.07. The zero-order chi connectivity index (χ0) is 20.4. The van der Waals surface area contributed by atoms with Crippen LogP contribution >= 0.6 is 22.9 Å². The fourth-order valence-electron chi connectivity index (χ4n) is 2.51. The molecule has 146 valence electrons. The smallest absolute Gasteiger partial charge is 0.259 e. The Bertz CT molecular complexity index is 1040. The van der Waals surface area contributed by atoms with Gasteiger partial charge in [0.15, 0.2) is 5.82 Å². The Morgan fingerprint density at radius 2 is 2.07 bits per heavy atom. The van der Waals surface area contributed by atoms with Crippen molar-refractivity contribution < 1.29 is 13.9 Å². The number of anilines is 2. The van der Waals surface area contributed by atoms with Crippen molar-refractivity contribution in [2.75, 3.05) is 31.4 Å². The molecule has 0 fully saturated rings. The van der Waals surface area contributed by atoms with E-state index in [9.17, 15) is 9.18 Å².